The maximum absolute atomic E-state index is 2.35. The van der Waals surface area contributed by atoms with E-state index in [9.17, 15) is 0 Å². The van der Waals surface area contributed by atoms with Gasteiger partial charge in [-0.3, -0.25) is 0 Å². The van der Waals surface area contributed by atoms with Crippen molar-refractivity contribution in [2.45, 2.75) is 46.8 Å². The third-order valence-corrected chi connectivity index (χ3v) is 3.75. The van der Waals surface area contributed by atoms with E-state index >= 15 is 0 Å². The van der Waals surface area contributed by atoms with Gasteiger partial charge in [-0.05, 0) is 10.8 Å². The molecule has 11 heavy (non-hydrogen) atoms. The first-order valence-electron chi connectivity index (χ1n) is 4.50. The summed E-state index contributed by atoms with van der Waals surface area (Å²) in [7, 11) is 4.71. The van der Waals surface area contributed by atoms with Gasteiger partial charge < -0.3 is 0 Å². The molecule has 2 heteroatoms. The van der Waals surface area contributed by atoms with Crippen molar-refractivity contribution in [1.82, 2.24) is 0 Å². The van der Waals surface area contributed by atoms with Crippen LogP contribution in [0.3, 0.4) is 0 Å². The summed E-state index contributed by atoms with van der Waals surface area (Å²) in [5.74, 6) is 0. The highest BCUT2D eigenvalue weighted by Gasteiger charge is 2.41. The van der Waals surface area contributed by atoms with E-state index in [1.165, 1.54) is 0 Å². The van der Waals surface area contributed by atoms with Crippen molar-refractivity contribution in [3.05, 3.63) is 0 Å². The fourth-order valence-corrected chi connectivity index (χ4v) is 1.12. The predicted molar refractivity (Wildman–Crippen MR) is 58.7 cm³/mol. The highest BCUT2D eigenvalue weighted by molar-refractivity contribution is 6.40. The molecule has 0 heterocycles. The molecule has 0 aliphatic carbocycles. The molecule has 64 valence electrons. The van der Waals surface area contributed by atoms with E-state index in [2.05, 4.69) is 57.2 Å². The molecular formula is C9H22B2. The summed E-state index contributed by atoms with van der Waals surface area (Å²) in [4.78, 5) is 0. The van der Waals surface area contributed by atoms with E-state index < -0.39 is 0 Å². The molecule has 0 aromatic rings. The molecule has 0 amide bonds. The minimum absolute atomic E-state index is 0.375. The minimum atomic E-state index is 0.375. The van der Waals surface area contributed by atoms with Gasteiger partial charge in [-0.1, -0.05) is 46.8 Å². The molecule has 0 spiro atoms. The van der Waals surface area contributed by atoms with Crippen LogP contribution in [0.15, 0.2) is 0 Å². The van der Waals surface area contributed by atoms with Crippen molar-refractivity contribution in [2.75, 3.05) is 0 Å². The zero-order chi connectivity index (χ0) is 9.50. The monoisotopic (exact) mass is 152 g/mol. The molecule has 0 aromatic carbocycles. The van der Waals surface area contributed by atoms with Gasteiger partial charge in [0.2, 0.25) is 0 Å². The van der Waals surface area contributed by atoms with Crippen molar-refractivity contribution in [3.63, 3.8) is 0 Å². The Morgan fingerprint density at radius 2 is 0.818 bits per heavy atom. The van der Waals surface area contributed by atoms with Crippen molar-refractivity contribution in [1.29, 1.82) is 0 Å². The predicted octanol–water partition coefficient (Wildman–Crippen LogP) is 1.46. The molecule has 0 aliphatic rings. The van der Waals surface area contributed by atoms with Crippen LogP contribution in [-0.4, -0.2) is 15.7 Å². The second kappa shape index (κ2) is 2.57. The van der Waals surface area contributed by atoms with Crippen LogP contribution in [0.4, 0.5) is 0 Å². The maximum atomic E-state index is 2.35. The van der Waals surface area contributed by atoms with Crippen LogP contribution >= 0.6 is 0 Å². The summed E-state index contributed by atoms with van der Waals surface area (Å²) in [5, 5.41) is 0.375. The van der Waals surface area contributed by atoms with E-state index in [1.807, 2.05) is 0 Å². The molecule has 0 saturated heterocycles. The van der Waals surface area contributed by atoms with Gasteiger partial charge in [-0.2, -0.15) is 0 Å². The van der Waals surface area contributed by atoms with Gasteiger partial charge >= 0.3 is 0 Å². The molecule has 0 aliphatic heterocycles. The SMILES string of the molecule is BC(B)(C(C)(C)C)C(C)(C)C. The summed E-state index contributed by atoms with van der Waals surface area (Å²) in [6, 6.07) is 0. The highest BCUT2D eigenvalue weighted by Crippen LogP contribution is 2.52. The van der Waals surface area contributed by atoms with Gasteiger partial charge in [0, 0.05) is 0 Å². The highest BCUT2D eigenvalue weighted by atomic mass is 14.4. The van der Waals surface area contributed by atoms with E-state index in [-0.39, 0.29) is 0 Å². The fourth-order valence-electron chi connectivity index (χ4n) is 1.12. The Morgan fingerprint density at radius 1 is 0.636 bits per heavy atom. The normalized spacial score (nSPS) is 15.1. The summed E-state index contributed by atoms with van der Waals surface area (Å²) < 4.78 is 0. The van der Waals surface area contributed by atoms with Gasteiger partial charge in [0.25, 0.3) is 0 Å². The molecule has 0 N–H and O–H groups in total. The lowest BCUT2D eigenvalue weighted by Gasteiger charge is -2.49. The number of hydrogen-bond donors (Lipinski definition) is 0. The molecule has 0 radical (unpaired) electrons. The Morgan fingerprint density at radius 3 is 0.818 bits per heavy atom. The summed E-state index contributed by atoms with van der Waals surface area (Å²) in [6.45, 7) is 13.9. The average molecular weight is 152 g/mol. The summed E-state index contributed by atoms with van der Waals surface area (Å²) >= 11 is 0. The van der Waals surface area contributed by atoms with Gasteiger partial charge in [-0.15, -0.1) is 0 Å². The van der Waals surface area contributed by atoms with Crippen LogP contribution in [0, 0.1) is 10.8 Å². The number of rotatable bonds is 0. The van der Waals surface area contributed by atoms with Crippen molar-refractivity contribution < 1.29 is 0 Å². The van der Waals surface area contributed by atoms with Gasteiger partial charge in [0.1, 0.15) is 15.7 Å². The first kappa shape index (κ1) is 11.1. The van der Waals surface area contributed by atoms with Crippen LogP contribution in [0.25, 0.3) is 0 Å². The van der Waals surface area contributed by atoms with Crippen molar-refractivity contribution in [3.8, 4) is 0 Å². The fraction of sp³-hybridized carbons (Fsp3) is 1.00. The van der Waals surface area contributed by atoms with E-state index in [4.69, 9.17) is 0 Å². The van der Waals surface area contributed by atoms with Crippen LogP contribution in [0.2, 0.25) is 5.21 Å². The molecule has 0 aromatic heterocycles. The lowest BCUT2D eigenvalue weighted by Crippen LogP contribution is -2.40. The van der Waals surface area contributed by atoms with Gasteiger partial charge in [0.15, 0.2) is 0 Å². The smallest absolute Gasteiger partial charge is 0.0752 e. The van der Waals surface area contributed by atoms with Crippen molar-refractivity contribution >= 4 is 15.7 Å². The molecule has 0 rings (SSSR count). The van der Waals surface area contributed by atoms with Crippen LogP contribution < -0.4 is 0 Å². The second-order valence-electron chi connectivity index (χ2n) is 6.12. The van der Waals surface area contributed by atoms with Gasteiger partial charge in [0.05, 0.1) is 0 Å². The molecule has 0 atom stereocenters. The molecular weight excluding hydrogens is 130 g/mol. The van der Waals surface area contributed by atoms with E-state index in [0.29, 0.717) is 16.0 Å². The Kier molecular flexibility index (Phi) is 2.60. The topological polar surface area (TPSA) is 0 Å². The first-order valence-corrected chi connectivity index (χ1v) is 4.50. The van der Waals surface area contributed by atoms with Crippen LogP contribution in [-0.2, 0) is 0 Å². The third kappa shape index (κ3) is 2.04. The Bertz CT molecular complexity index is 119. The van der Waals surface area contributed by atoms with Gasteiger partial charge in [-0.25, -0.2) is 0 Å². The zero-order valence-corrected chi connectivity index (χ0v) is 9.50. The molecule has 0 nitrogen and oxygen atoms in total. The van der Waals surface area contributed by atoms with E-state index in [1.54, 1.807) is 0 Å². The lowest BCUT2D eigenvalue weighted by atomic mass is 9.35. The quantitative estimate of drug-likeness (QED) is 0.461. The van der Waals surface area contributed by atoms with Crippen molar-refractivity contribution in [2.24, 2.45) is 10.8 Å². The minimum Gasteiger partial charge on any atom is -0.0752 e. The number of hydrogen-bond acceptors (Lipinski definition) is 0. The Balaban J connectivity index is 4.75. The molecule has 0 fully saturated rings. The first-order chi connectivity index (χ1) is 4.50. The third-order valence-electron chi connectivity index (χ3n) is 3.75. The standard InChI is InChI=1S/C9H22B2/c1-7(2,3)9(10,11)8(4,5)6/h10-11H2,1-6H3. The Hall–Kier alpha value is 0.130. The molecule has 0 saturated carbocycles. The maximum Gasteiger partial charge on any atom is 0.100 e. The largest absolute Gasteiger partial charge is 0.100 e. The summed E-state index contributed by atoms with van der Waals surface area (Å²) in [6.07, 6.45) is 0. The molecule has 0 unspecified atom stereocenters. The van der Waals surface area contributed by atoms with E-state index in [0.717, 1.165) is 0 Å². The Labute approximate surface area is 74.0 Å². The summed E-state index contributed by atoms with van der Waals surface area (Å²) in [5.41, 5.74) is 0.760. The van der Waals surface area contributed by atoms with Crippen LogP contribution in [0.5, 0.6) is 0 Å². The molecule has 0 bridgehead atoms. The zero-order valence-electron chi connectivity index (χ0n) is 9.50. The average Bonchev–Trinajstić information content (AvgIpc) is 1.58. The second-order valence-corrected chi connectivity index (χ2v) is 6.12. The van der Waals surface area contributed by atoms with Crippen LogP contribution in [0.1, 0.15) is 41.5 Å². The lowest BCUT2D eigenvalue weighted by molar-refractivity contribution is 0.198.